The molecule has 0 aromatic carbocycles. The highest BCUT2D eigenvalue weighted by atomic mass is 16.4. The van der Waals surface area contributed by atoms with Crippen LogP contribution in [0, 0.1) is 50.7 Å². The number of carboxylic acids is 1. The van der Waals surface area contributed by atoms with Crippen molar-refractivity contribution in [2.45, 2.75) is 124 Å². The molecule has 0 bridgehead atoms. The van der Waals surface area contributed by atoms with E-state index in [4.69, 9.17) is 0 Å². The van der Waals surface area contributed by atoms with Crippen molar-refractivity contribution in [1.29, 1.82) is 0 Å². The minimum atomic E-state index is -1.12. The molecule has 198 valence electrons. The molecule has 5 fully saturated rings. The van der Waals surface area contributed by atoms with Crippen LogP contribution in [0.1, 0.15) is 112 Å². The Morgan fingerprint density at radius 1 is 1.00 bits per heavy atom. The van der Waals surface area contributed by atoms with Gasteiger partial charge in [-0.3, -0.25) is 9.59 Å². The number of aliphatic hydroxyl groups excluding tert-OH is 1. The number of hydrogen-bond acceptors (Lipinski definition) is 4. The Hall–Kier alpha value is -0.940. The molecular weight excluding hydrogens is 440 g/mol. The molecule has 0 saturated heterocycles. The van der Waals surface area contributed by atoms with Crippen molar-refractivity contribution < 1.29 is 24.9 Å². The second-order valence-corrected chi connectivity index (χ2v) is 14.9. The van der Waals surface area contributed by atoms with E-state index >= 15 is 0 Å². The molecule has 5 aliphatic carbocycles. The lowest BCUT2D eigenvalue weighted by molar-refractivity contribution is -0.190. The average molecular weight is 489 g/mol. The Morgan fingerprint density at radius 2 is 1.63 bits per heavy atom. The molecule has 5 heteroatoms. The monoisotopic (exact) mass is 488 g/mol. The van der Waals surface area contributed by atoms with Gasteiger partial charge in [0.1, 0.15) is 5.78 Å². The fourth-order valence-electron chi connectivity index (χ4n) is 11.2. The normalized spacial score (nSPS) is 47.7. The number of rotatable bonds is 6. The maximum Gasteiger partial charge on any atom is 0.310 e. The lowest BCUT2D eigenvalue weighted by Gasteiger charge is -2.61. The molecule has 0 heterocycles. The van der Waals surface area contributed by atoms with Gasteiger partial charge in [0.05, 0.1) is 17.1 Å². The van der Waals surface area contributed by atoms with Gasteiger partial charge < -0.3 is 15.3 Å². The van der Waals surface area contributed by atoms with Crippen LogP contribution in [0.15, 0.2) is 0 Å². The summed E-state index contributed by atoms with van der Waals surface area (Å²) in [4.78, 5) is 26.2. The topological polar surface area (TPSA) is 94.8 Å². The van der Waals surface area contributed by atoms with Crippen LogP contribution >= 0.6 is 0 Å². The third-order valence-corrected chi connectivity index (χ3v) is 13.1. The number of carboxylic acid groups (broad SMARTS) is 1. The summed E-state index contributed by atoms with van der Waals surface area (Å²) in [5.41, 5.74) is -2.03. The standard InChI is InChI=1S/C30H48O5/c1-18(7-10-23(32)26(4,5)35)19-11-14-30(24(33)34)21-9-8-20-25(2,3)22(31)12-13-28(20)17-29(21,28)16-15-27(19,30)6/h18-21,23,32,35H,7-17H2,1-6H3,(H,33,34)/t18-,19-,20+,21-,23+,27-,28-,29+,30+/m1/s1. The van der Waals surface area contributed by atoms with Crippen LogP contribution in [0.4, 0.5) is 0 Å². The highest BCUT2D eigenvalue weighted by Crippen LogP contribution is 2.88. The molecule has 5 saturated carbocycles. The van der Waals surface area contributed by atoms with Gasteiger partial charge >= 0.3 is 5.97 Å². The van der Waals surface area contributed by atoms with Crippen LogP contribution in [0.2, 0.25) is 0 Å². The molecule has 0 aromatic heterocycles. The van der Waals surface area contributed by atoms with Gasteiger partial charge in [0, 0.05) is 11.8 Å². The van der Waals surface area contributed by atoms with Crippen LogP contribution in [-0.2, 0) is 9.59 Å². The molecule has 3 N–H and O–H groups in total. The van der Waals surface area contributed by atoms with E-state index in [1.807, 2.05) is 0 Å². The molecule has 0 aliphatic heterocycles. The van der Waals surface area contributed by atoms with Crippen molar-refractivity contribution in [3.05, 3.63) is 0 Å². The van der Waals surface area contributed by atoms with E-state index in [1.54, 1.807) is 13.8 Å². The quantitative estimate of drug-likeness (QED) is 0.452. The van der Waals surface area contributed by atoms with Crippen LogP contribution in [0.5, 0.6) is 0 Å². The third-order valence-electron chi connectivity index (χ3n) is 13.1. The number of aliphatic hydroxyl groups is 2. The maximum atomic E-state index is 13.4. The van der Waals surface area contributed by atoms with Gasteiger partial charge in [-0.05, 0) is 118 Å². The average Bonchev–Trinajstić information content (AvgIpc) is 3.32. The maximum absolute atomic E-state index is 13.4. The predicted octanol–water partition coefficient (Wildman–Crippen LogP) is 5.61. The third kappa shape index (κ3) is 3.06. The van der Waals surface area contributed by atoms with Crippen molar-refractivity contribution in [3.63, 3.8) is 0 Å². The molecule has 9 atom stereocenters. The van der Waals surface area contributed by atoms with Gasteiger partial charge in [-0.25, -0.2) is 0 Å². The lowest BCUT2D eigenvalue weighted by Crippen LogP contribution is -2.60. The number of ketones is 1. The first kappa shape index (κ1) is 25.7. The Bertz CT molecular complexity index is 918. The first-order chi connectivity index (χ1) is 16.1. The summed E-state index contributed by atoms with van der Waals surface area (Å²) in [7, 11) is 0. The van der Waals surface area contributed by atoms with Crippen molar-refractivity contribution in [3.8, 4) is 0 Å². The molecule has 5 aliphatic rings. The minimum absolute atomic E-state index is 0.112. The Kier molecular flexibility index (Phi) is 5.55. The summed E-state index contributed by atoms with van der Waals surface area (Å²) >= 11 is 0. The number of fused-ring (bicyclic) bond motifs is 2. The fraction of sp³-hybridized carbons (Fsp3) is 0.933. The number of aliphatic carboxylic acids is 1. The highest BCUT2D eigenvalue weighted by molar-refractivity contribution is 5.86. The van der Waals surface area contributed by atoms with Crippen LogP contribution < -0.4 is 0 Å². The van der Waals surface area contributed by atoms with E-state index in [-0.39, 0.29) is 27.6 Å². The van der Waals surface area contributed by atoms with Gasteiger partial charge in [0.25, 0.3) is 0 Å². The molecule has 5 nitrogen and oxygen atoms in total. The summed E-state index contributed by atoms with van der Waals surface area (Å²) in [6, 6.07) is 0. The van der Waals surface area contributed by atoms with Gasteiger partial charge in [-0.15, -0.1) is 0 Å². The van der Waals surface area contributed by atoms with Gasteiger partial charge in [0.15, 0.2) is 0 Å². The highest BCUT2D eigenvalue weighted by Gasteiger charge is 2.84. The molecule has 2 spiro atoms. The second kappa shape index (κ2) is 7.56. The predicted molar refractivity (Wildman–Crippen MR) is 135 cm³/mol. The summed E-state index contributed by atoms with van der Waals surface area (Å²) in [6.45, 7) is 12.1. The SMILES string of the molecule is C[C@H](CC[C@H](O)C(C)(C)O)[C@H]1CC[C@@]2(C(=O)O)[C@@H]3CC[C@H]4C(C)(C)C(=O)CC[C@@]45C[C@@]35CC[C@]12C. The molecule has 0 radical (unpaired) electrons. The van der Waals surface area contributed by atoms with E-state index in [1.165, 1.54) is 0 Å². The largest absolute Gasteiger partial charge is 0.481 e. The number of carbonyl (C=O) groups excluding carboxylic acids is 1. The molecule has 0 aromatic rings. The summed E-state index contributed by atoms with van der Waals surface area (Å²) in [6.07, 6.45) is 9.06. The summed E-state index contributed by atoms with van der Waals surface area (Å²) < 4.78 is 0. The van der Waals surface area contributed by atoms with Crippen molar-refractivity contribution >= 4 is 11.8 Å². The van der Waals surface area contributed by atoms with Gasteiger partial charge in [-0.2, -0.15) is 0 Å². The first-order valence-corrected chi connectivity index (χ1v) is 14.3. The Morgan fingerprint density at radius 3 is 2.26 bits per heavy atom. The molecular formula is C30H48O5. The van der Waals surface area contributed by atoms with Gasteiger partial charge in [0.2, 0.25) is 0 Å². The Balaban J connectivity index is 1.44. The van der Waals surface area contributed by atoms with E-state index in [0.717, 1.165) is 57.8 Å². The van der Waals surface area contributed by atoms with E-state index in [0.29, 0.717) is 36.4 Å². The zero-order valence-electron chi connectivity index (χ0n) is 22.8. The zero-order chi connectivity index (χ0) is 25.8. The number of hydrogen-bond donors (Lipinski definition) is 3. The smallest absolute Gasteiger partial charge is 0.310 e. The fourth-order valence-corrected chi connectivity index (χ4v) is 11.2. The van der Waals surface area contributed by atoms with E-state index < -0.39 is 23.1 Å². The molecule has 5 rings (SSSR count). The summed E-state index contributed by atoms with van der Waals surface area (Å²) in [5.74, 6) is 1.07. The van der Waals surface area contributed by atoms with Crippen molar-refractivity contribution in [2.75, 3.05) is 0 Å². The zero-order valence-corrected chi connectivity index (χ0v) is 22.8. The molecule has 0 unspecified atom stereocenters. The molecule has 35 heavy (non-hydrogen) atoms. The van der Waals surface area contributed by atoms with Crippen LogP contribution in [0.25, 0.3) is 0 Å². The van der Waals surface area contributed by atoms with Crippen molar-refractivity contribution in [1.82, 2.24) is 0 Å². The minimum Gasteiger partial charge on any atom is -0.481 e. The molecule has 0 amide bonds. The second-order valence-electron chi connectivity index (χ2n) is 14.9. The van der Waals surface area contributed by atoms with Crippen LogP contribution in [-0.4, -0.2) is 38.8 Å². The van der Waals surface area contributed by atoms with Crippen molar-refractivity contribution in [2.24, 2.45) is 50.7 Å². The van der Waals surface area contributed by atoms with Crippen LogP contribution in [0.3, 0.4) is 0 Å². The Labute approximate surface area is 211 Å². The van der Waals surface area contributed by atoms with Gasteiger partial charge in [-0.1, -0.05) is 27.7 Å². The summed E-state index contributed by atoms with van der Waals surface area (Å²) in [5, 5.41) is 31.6. The lowest BCUT2D eigenvalue weighted by atomic mass is 9.41. The number of Topliss-reactive ketones (excluding diaryl/α,β-unsaturated/α-hetero) is 1. The number of carbonyl (C=O) groups is 2. The van der Waals surface area contributed by atoms with E-state index in [2.05, 4.69) is 27.7 Å². The van der Waals surface area contributed by atoms with E-state index in [9.17, 15) is 24.9 Å². The first-order valence-electron chi connectivity index (χ1n) is 14.3.